The fourth-order valence-corrected chi connectivity index (χ4v) is 0.928. The van der Waals surface area contributed by atoms with Gasteiger partial charge in [-0.05, 0) is 6.92 Å². The van der Waals surface area contributed by atoms with E-state index in [1.807, 2.05) is 6.92 Å². The fraction of sp³-hybridized carbons (Fsp3) is 0.900. The van der Waals surface area contributed by atoms with Crippen LogP contribution in [0.3, 0.4) is 0 Å². The summed E-state index contributed by atoms with van der Waals surface area (Å²) in [6, 6.07) is 0. The van der Waals surface area contributed by atoms with Crippen molar-refractivity contribution in [2.24, 2.45) is 5.73 Å². The van der Waals surface area contributed by atoms with Gasteiger partial charge in [0.2, 0.25) is 0 Å². The van der Waals surface area contributed by atoms with Crippen LogP contribution in [0.1, 0.15) is 6.92 Å². The van der Waals surface area contributed by atoms with Crippen LogP contribution in [-0.2, 0) is 23.7 Å². The lowest BCUT2D eigenvalue weighted by molar-refractivity contribution is -0.142. The zero-order valence-electron chi connectivity index (χ0n) is 10.1. The molecule has 0 aromatic heterocycles. The van der Waals surface area contributed by atoms with E-state index in [-0.39, 0.29) is 26.4 Å². The van der Waals surface area contributed by atoms with Gasteiger partial charge in [-0.25, -0.2) is 4.79 Å². The second kappa shape index (κ2) is 11.7. The molecule has 0 aromatic rings. The molecule has 0 aliphatic heterocycles. The normalized spacial score (nSPS) is 12.6. The number of carbonyl (C=O) groups is 1. The maximum atomic E-state index is 10.1. The molecular weight excluding hydrogens is 230 g/mol. The third-order valence-electron chi connectivity index (χ3n) is 1.64. The van der Waals surface area contributed by atoms with Gasteiger partial charge in [-0.15, -0.1) is 0 Å². The number of rotatable bonds is 12. The Kier molecular flexibility index (Phi) is 11.2. The van der Waals surface area contributed by atoms with Crippen molar-refractivity contribution in [1.29, 1.82) is 0 Å². The van der Waals surface area contributed by atoms with Crippen molar-refractivity contribution in [3.63, 3.8) is 0 Å². The van der Waals surface area contributed by atoms with Gasteiger partial charge in [-0.2, -0.15) is 0 Å². The van der Waals surface area contributed by atoms with Crippen LogP contribution in [0.2, 0.25) is 0 Å². The highest BCUT2D eigenvalue weighted by Gasteiger charge is 2.02. The molecule has 0 amide bonds. The van der Waals surface area contributed by atoms with Crippen molar-refractivity contribution in [2.75, 3.05) is 46.2 Å². The van der Waals surface area contributed by atoms with E-state index in [0.717, 1.165) is 0 Å². The second-order valence-corrected chi connectivity index (χ2v) is 3.13. The summed E-state index contributed by atoms with van der Waals surface area (Å²) in [5.41, 5.74) is 5.58. The quantitative estimate of drug-likeness (QED) is 0.354. The Balaban J connectivity index is 3.16. The van der Waals surface area contributed by atoms with E-state index in [2.05, 4.69) is 0 Å². The summed E-state index contributed by atoms with van der Waals surface area (Å²) in [6.07, 6.45) is -0.505. The largest absolute Gasteiger partial charge is 0.480 e. The lowest BCUT2D eigenvalue weighted by Crippen LogP contribution is -2.31. The average molecular weight is 251 g/mol. The van der Waals surface area contributed by atoms with Crippen LogP contribution in [0.15, 0.2) is 0 Å². The number of carboxylic acid groups (broad SMARTS) is 1. The van der Waals surface area contributed by atoms with Crippen LogP contribution in [-0.4, -0.2) is 63.6 Å². The van der Waals surface area contributed by atoms with E-state index in [4.69, 9.17) is 29.8 Å². The van der Waals surface area contributed by atoms with Gasteiger partial charge in [-0.3, -0.25) is 0 Å². The summed E-state index contributed by atoms with van der Waals surface area (Å²) in [5, 5.41) is 8.28. The molecule has 0 saturated carbocycles. The van der Waals surface area contributed by atoms with Gasteiger partial charge in [0.1, 0.15) is 12.8 Å². The Bertz CT molecular complexity index is 190. The predicted octanol–water partition coefficient (Wildman–Crippen LogP) is -0.558. The van der Waals surface area contributed by atoms with Gasteiger partial charge in [0, 0.05) is 6.61 Å². The molecule has 7 nitrogen and oxygen atoms in total. The lowest BCUT2D eigenvalue weighted by atomic mass is 10.6. The number of nitrogens with two attached hydrogens (primary N) is 1. The van der Waals surface area contributed by atoms with Gasteiger partial charge < -0.3 is 29.8 Å². The number of hydrogen-bond donors (Lipinski definition) is 2. The summed E-state index contributed by atoms with van der Waals surface area (Å²) in [6.45, 7) is 3.91. The van der Waals surface area contributed by atoms with Crippen molar-refractivity contribution in [2.45, 2.75) is 13.2 Å². The molecule has 0 radical (unpaired) electrons. The minimum Gasteiger partial charge on any atom is -0.480 e. The highest BCUT2D eigenvalue weighted by atomic mass is 16.6. The highest BCUT2D eigenvalue weighted by molar-refractivity contribution is 5.67. The number of carboxylic acids is 1. The minimum absolute atomic E-state index is 0.220. The predicted molar refractivity (Wildman–Crippen MR) is 59.7 cm³/mol. The molecule has 1 unspecified atom stereocenters. The van der Waals surface area contributed by atoms with E-state index in [1.165, 1.54) is 0 Å². The second-order valence-electron chi connectivity index (χ2n) is 3.13. The Labute approximate surface area is 101 Å². The first-order chi connectivity index (χ1) is 8.16. The molecule has 0 rings (SSSR count). The molecule has 0 aliphatic rings. The maximum absolute atomic E-state index is 10.1. The topological polar surface area (TPSA) is 100 Å². The van der Waals surface area contributed by atoms with E-state index in [9.17, 15) is 4.79 Å². The molecule has 0 saturated heterocycles. The van der Waals surface area contributed by atoms with Crippen LogP contribution in [0.4, 0.5) is 0 Å². The first-order valence-corrected chi connectivity index (χ1v) is 5.49. The van der Waals surface area contributed by atoms with Gasteiger partial charge in [-0.1, -0.05) is 0 Å². The standard InChI is InChI=1S/C10H21NO6/c1-2-14-5-6-17-9(11)7-15-3-4-16-8-10(12)13/h9H,2-8,11H2,1H3,(H,12,13). The first kappa shape index (κ1) is 16.3. The van der Waals surface area contributed by atoms with Gasteiger partial charge in [0.15, 0.2) is 0 Å². The van der Waals surface area contributed by atoms with E-state index in [1.54, 1.807) is 0 Å². The van der Waals surface area contributed by atoms with Crippen LogP contribution < -0.4 is 5.73 Å². The molecule has 1 atom stereocenters. The summed E-state index contributed by atoms with van der Waals surface area (Å²) < 4.78 is 20.1. The zero-order chi connectivity index (χ0) is 12.9. The summed E-state index contributed by atoms with van der Waals surface area (Å²) >= 11 is 0. The summed E-state index contributed by atoms with van der Waals surface area (Å²) in [4.78, 5) is 10.1. The maximum Gasteiger partial charge on any atom is 0.329 e. The van der Waals surface area contributed by atoms with E-state index < -0.39 is 12.2 Å². The lowest BCUT2D eigenvalue weighted by Gasteiger charge is -2.13. The number of hydrogen-bond acceptors (Lipinski definition) is 6. The van der Waals surface area contributed by atoms with Crippen molar-refractivity contribution in [3.05, 3.63) is 0 Å². The molecule has 0 aromatic carbocycles. The molecule has 7 heteroatoms. The van der Waals surface area contributed by atoms with Crippen molar-refractivity contribution in [3.8, 4) is 0 Å². The smallest absolute Gasteiger partial charge is 0.329 e. The van der Waals surface area contributed by atoms with Gasteiger partial charge in [0.05, 0.1) is 33.0 Å². The molecule has 102 valence electrons. The Morgan fingerprint density at radius 1 is 1.18 bits per heavy atom. The van der Waals surface area contributed by atoms with Crippen molar-refractivity contribution in [1.82, 2.24) is 0 Å². The molecule has 3 N–H and O–H groups in total. The Morgan fingerprint density at radius 3 is 2.47 bits per heavy atom. The average Bonchev–Trinajstić information content (AvgIpc) is 2.29. The molecule has 0 heterocycles. The number of aliphatic carboxylic acids is 1. The molecule has 0 spiro atoms. The van der Waals surface area contributed by atoms with Crippen LogP contribution in [0, 0.1) is 0 Å². The molecule has 0 aliphatic carbocycles. The van der Waals surface area contributed by atoms with Crippen molar-refractivity contribution >= 4 is 5.97 Å². The molecule has 17 heavy (non-hydrogen) atoms. The minimum atomic E-state index is -0.999. The summed E-state index contributed by atoms with van der Waals surface area (Å²) in [5.74, 6) is -0.999. The van der Waals surface area contributed by atoms with E-state index >= 15 is 0 Å². The van der Waals surface area contributed by atoms with Crippen molar-refractivity contribution < 1.29 is 28.8 Å². The number of ether oxygens (including phenoxy) is 4. The van der Waals surface area contributed by atoms with E-state index in [0.29, 0.717) is 19.8 Å². The zero-order valence-corrected chi connectivity index (χ0v) is 10.1. The Morgan fingerprint density at radius 2 is 1.82 bits per heavy atom. The summed E-state index contributed by atoms with van der Waals surface area (Å²) in [7, 11) is 0. The Hall–Kier alpha value is -0.730. The first-order valence-electron chi connectivity index (χ1n) is 5.49. The van der Waals surface area contributed by atoms with Crippen LogP contribution >= 0.6 is 0 Å². The van der Waals surface area contributed by atoms with Gasteiger partial charge in [0.25, 0.3) is 0 Å². The SMILES string of the molecule is CCOCCOC(N)COCCOCC(=O)O. The molecule has 0 bridgehead atoms. The van der Waals surface area contributed by atoms with Crippen LogP contribution in [0.25, 0.3) is 0 Å². The van der Waals surface area contributed by atoms with Crippen LogP contribution in [0.5, 0.6) is 0 Å². The molecule has 0 fully saturated rings. The fourth-order valence-electron chi connectivity index (χ4n) is 0.928. The third kappa shape index (κ3) is 13.2. The van der Waals surface area contributed by atoms with Gasteiger partial charge >= 0.3 is 5.97 Å². The highest BCUT2D eigenvalue weighted by Crippen LogP contribution is 1.87. The molecular formula is C10H21NO6. The third-order valence-corrected chi connectivity index (χ3v) is 1.64. The monoisotopic (exact) mass is 251 g/mol.